The van der Waals surface area contributed by atoms with Crippen LogP contribution in [0.3, 0.4) is 0 Å². The molecule has 0 saturated carbocycles. The molecule has 0 aliphatic heterocycles. The van der Waals surface area contributed by atoms with Crippen LogP contribution in [0.2, 0.25) is 0 Å². The minimum atomic E-state index is 0.194. The van der Waals surface area contributed by atoms with Gasteiger partial charge in [-0.3, -0.25) is 5.43 Å². The van der Waals surface area contributed by atoms with Crippen molar-refractivity contribution in [3.05, 3.63) is 58.6 Å². The maximum atomic E-state index is 5.89. The highest BCUT2D eigenvalue weighted by Crippen LogP contribution is 2.19. The van der Waals surface area contributed by atoms with Gasteiger partial charge >= 0.3 is 0 Å². The summed E-state index contributed by atoms with van der Waals surface area (Å²) in [6.45, 7) is 4.17. The van der Waals surface area contributed by atoms with Gasteiger partial charge in [-0.25, -0.2) is 0 Å². The maximum Gasteiger partial charge on any atom is 0.128 e. The molecule has 0 saturated heterocycles. The molecule has 0 aliphatic rings. The van der Waals surface area contributed by atoms with Crippen LogP contribution >= 0.6 is 15.9 Å². The number of ether oxygens (including phenoxy) is 1. The van der Waals surface area contributed by atoms with E-state index >= 15 is 0 Å². The van der Waals surface area contributed by atoms with E-state index < -0.39 is 0 Å². The van der Waals surface area contributed by atoms with Crippen molar-refractivity contribution in [2.24, 2.45) is 5.10 Å². The number of hydrazone groups is 1. The molecular weight excluding hydrogens is 328 g/mol. The number of hydrogen-bond acceptors (Lipinski definition) is 3. The highest BCUT2D eigenvalue weighted by Gasteiger charge is 2.04. The van der Waals surface area contributed by atoms with Crippen molar-refractivity contribution in [1.82, 2.24) is 0 Å². The van der Waals surface area contributed by atoms with Gasteiger partial charge in [0, 0.05) is 10.0 Å². The first-order valence-electron chi connectivity index (χ1n) is 6.99. The average molecular weight is 347 g/mol. The summed E-state index contributed by atoms with van der Waals surface area (Å²) in [6, 6.07) is 15.8. The summed E-state index contributed by atoms with van der Waals surface area (Å²) in [7, 11) is 0. The van der Waals surface area contributed by atoms with Gasteiger partial charge in [0.25, 0.3) is 0 Å². The molecule has 4 heteroatoms. The fourth-order valence-corrected chi connectivity index (χ4v) is 1.96. The number of benzene rings is 2. The van der Waals surface area contributed by atoms with Gasteiger partial charge in [0.2, 0.25) is 0 Å². The number of nitrogens with one attached hydrogen (secondary N) is 1. The largest absolute Gasteiger partial charge is 0.490 e. The lowest BCUT2D eigenvalue weighted by molar-refractivity contribution is 0.217. The highest BCUT2D eigenvalue weighted by atomic mass is 79.9. The lowest BCUT2D eigenvalue weighted by Crippen LogP contribution is -2.11. The Balaban J connectivity index is 2.04. The van der Waals surface area contributed by atoms with Crippen LogP contribution < -0.4 is 10.2 Å². The van der Waals surface area contributed by atoms with Crippen LogP contribution in [0.5, 0.6) is 5.75 Å². The van der Waals surface area contributed by atoms with E-state index in [0.29, 0.717) is 0 Å². The zero-order valence-electron chi connectivity index (χ0n) is 12.2. The van der Waals surface area contributed by atoms with Crippen molar-refractivity contribution in [1.29, 1.82) is 0 Å². The van der Waals surface area contributed by atoms with Crippen molar-refractivity contribution in [3.63, 3.8) is 0 Å². The van der Waals surface area contributed by atoms with Gasteiger partial charge < -0.3 is 4.74 Å². The predicted octanol–water partition coefficient (Wildman–Crippen LogP) is 5.07. The van der Waals surface area contributed by atoms with Gasteiger partial charge in [-0.1, -0.05) is 35.0 Å². The summed E-state index contributed by atoms with van der Waals surface area (Å²) in [4.78, 5) is 0. The van der Waals surface area contributed by atoms with Crippen LogP contribution in [-0.4, -0.2) is 12.3 Å². The standard InChI is InChI=1S/C17H19BrN2O/c1-3-13(2)21-17-7-5-4-6-14(17)12-19-20-16-10-8-15(18)9-11-16/h4-13,20H,3H2,1-2H3/b19-12-/t13-/m1/s1. The molecule has 1 N–H and O–H groups in total. The zero-order chi connectivity index (χ0) is 15.1. The summed E-state index contributed by atoms with van der Waals surface area (Å²) in [5, 5.41) is 4.26. The number of rotatable bonds is 6. The second-order valence-corrected chi connectivity index (χ2v) is 5.67. The third kappa shape index (κ3) is 4.90. The third-order valence-electron chi connectivity index (χ3n) is 3.06. The summed E-state index contributed by atoms with van der Waals surface area (Å²) < 4.78 is 6.93. The van der Waals surface area contributed by atoms with Crippen molar-refractivity contribution in [3.8, 4) is 5.75 Å². The second kappa shape index (κ2) is 7.84. The monoisotopic (exact) mass is 346 g/mol. The van der Waals surface area contributed by atoms with Gasteiger partial charge in [-0.15, -0.1) is 0 Å². The Hall–Kier alpha value is -1.81. The SMILES string of the molecule is CC[C@@H](C)Oc1ccccc1/C=N\Nc1ccc(Br)cc1. The van der Waals surface area contributed by atoms with Crippen LogP contribution in [0.25, 0.3) is 0 Å². The van der Waals surface area contributed by atoms with E-state index in [4.69, 9.17) is 4.74 Å². The van der Waals surface area contributed by atoms with Crippen LogP contribution in [0.1, 0.15) is 25.8 Å². The van der Waals surface area contributed by atoms with Crippen molar-refractivity contribution >= 4 is 27.8 Å². The van der Waals surface area contributed by atoms with Gasteiger partial charge in [0.1, 0.15) is 5.75 Å². The Morgan fingerprint density at radius 2 is 1.90 bits per heavy atom. The Bertz CT molecular complexity index is 596. The lowest BCUT2D eigenvalue weighted by Gasteiger charge is -2.14. The molecule has 2 aromatic rings. The molecule has 0 bridgehead atoms. The van der Waals surface area contributed by atoms with Gasteiger partial charge in [0.15, 0.2) is 0 Å². The second-order valence-electron chi connectivity index (χ2n) is 4.75. The van der Waals surface area contributed by atoms with E-state index in [-0.39, 0.29) is 6.10 Å². The van der Waals surface area contributed by atoms with E-state index in [0.717, 1.165) is 27.9 Å². The molecule has 0 fully saturated rings. The molecule has 21 heavy (non-hydrogen) atoms. The molecule has 0 heterocycles. The summed E-state index contributed by atoms with van der Waals surface area (Å²) in [5.41, 5.74) is 4.91. The fraction of sp³-hybridized carbons (Fsp3) is 0.235. The minimum Gasteiger partial charge on any atom is -0.490 e. The number of para-hydroxylation sites is 1. The molecule has 0 aromatic heterocycles. The fourth-order valence-electron chi connectivity index (χ4n) is 1.70. The molecule has 110 valence electrons. The molecule has 0 radical (unpaired) electrons. The van der Waals surface area contributed by atoms with E-state index in [9.17, 15) is 0 Å². The van der Waals surface area contributed by atoms with Crippen LogP contribution in [0, 0.1) is 0 Å². The molecule has 1 atom stereocenters. The van der Waals surface area contributed by atoms with E-state index in [1.54, 1.807) is 6.21 Å². The molecule has 3 nitrogen and oxygen atoms in total. The molecule has 0 aliphatic carbocycles. The first-order valence-corrected chi connectivity index (χ1v) is 7.78. The quantitative estimate of drug-likeness (QED) is 0.584. The molecule has 0 spiro atoms. The normalized spacial score (nSPS) is 12.3. The number of halogens is 1. The van der Waals surface area contributed by atoms with Gasteiger partial charge in [0.05, 0.1) is 18.0 Å². The maximum absolute atomic E-state index is 5.89. The summed E-state index contributed by atoms with van der Waals surface area (Å²) in [5.74, 6) is 0.855. The van der Waals surface area contributed by atoms with E-state index in [1.165, 1.54) is 0 Å². The van der Waals surface area contributed by atoms with E-state index in [2.05, 4.69) is 40.3 Å². The predicted molar refractivity (Wildman–Crippen MR) is 92.2 cm³/mol. The Morgan fingerprint density at radius 1 is 1.19 bits per heavy atom. The molecule has 2 rings (SSSR count). The topological polar surface area (TPSA) is 33.6 Å². The van der Waals surface area contributed by atoms with Crippen molar-refractivity contribution in [2.75, 3.05) is 5.43 Å². The highest BCUT2D eigenvalue weighted by molar-refractivity contribution is 9.10. The number of anilines is 1. The Labute approximate surface area is 134 Å². The van der Waals surface area contributed by atoms with Gasteiger partial charge in [-0.2, -0.15) is 5.10 Å². The molecule has 0 amide bonds. The van der Waals surface area contributed by atoms with Gasteiger partial charge in [-0.05, 0) is 49.7 Å². The summed E-state index contributed by atoms with van der Waals surface area (Å²) in [6.07, 6.45) is 2.95. The summed E-state index contributed by atoms with van der Waals surface area (Å²) >= 11 is 3.41. The van der Waals surface area contributed by atoms with Crippen molar-refractivity contribution in [2.45, 2.75) is 26.4 Å². The number of nitrogens with zero attached hydrogens (tertiary/aromatic N) is 1. The number of hydrogen-bond donors (Lipinski definition) is 1. The Morgan fingerprint density at radius 3 is 2.62 bits per heavy atom. The van der Waals surface area contributed by atoms with Crippen LogP contribution in [0.4, 0.5) is 5.69 Å². The first kappa shape index (κ1) is 15.6. The van der Waals surface area contributed by atoms with Crippen LogP contribution in [0.15, 0.2) is 58.1 Å². The molecule has 2 aromatic carbocycles. The molecule has 0 unspecified atom stereocenters. The zero-order valence-corrected chi connectivity index (χ0v) is 13.8. The average Bonchev–Trinajstić information content (AvgIpc) is 2.51. The van der Waals surface area contributed by atoms with Crippen LogP contribution in [-0.2, 0) is 0 Å². The lowest BCUT2D eigenvalue weighted by atomic mass is 10.2. The molecular formula is C17H19BrN2O. The van der Waals surface area contributed by atoms with E-state index in [1.807, 2.05) is 48.5 Å². The minimum absolute atomic E-state index is 0.194. The smallest absolute Gasteiger partial charge is 0.128 e. The third-order valence-corrected chi connectivity index (χ3v) is 3.59. The first-order chi connectivity index (χ1) is 10.2. The Kier molecular flexibility index (Phi) is 5.81. The van der Waals surface area contributed by atoms with Crippen molar-refractivity contribution < 1.29 is 4.74 Å².